The maximum Gasteiger partial charge on any atom is 0.410 e. The van der Waals surface area contributed by atoms with Crippen molar-refractivity contribution in [2.45, 2.75) is 106 Å². The van der Waals surface area contributed by atoms with Gasteiger partial charge in [0.1, 0.15) is 12.3 Å². The summed E-state index contributed by atoms with van der Waals surface area (Å²) in [6.45, 7) is 18.4. The van der Waals surface area contributed by atoms with Crippen molar-refractivity contribution >= 4 is 24.0 Å². The van der Waals surface area contributed by atoms with Crippen molar-refractivity contribution in [2.24, 2.45) is 5.41 Å². The van der Waals surface area contributed by atoms with Crippen molar-refractivity contribution in [1.82, 2.24) is 9.88 Å². The minimum atomic E-state index is -1.05. The number of aldehydes is 1. The molecule has 1 amide bonds. The van der Waals surface area contributed by atoms with E-state index in [1.54, 1.807) is 4.90 Å². The fraction of sp³-hybridized carbons (Fsp3) is 0.500. The highest BCUT2D eigenvalue weighted by atomic mass is 16.6. The lowest BCUT2D eigenvalue weighted by Crippen LogP contribution is -2.39. The van der Waals surface area contributed by atoms with Gasteiger partial charge in [-0.15, -0.1) is 0 Å². The Bertz CT molecular complexity index is 1670. The van der Waals surface area contributed by atoms with Gasteiger partial charge in [0.25, 0.3) is 0 Å². The summed E-state index contributed by atoms with van der Waals surface area (Å²) in [6.07, 6.45) is 1.61. The van der Waals surface area contributed by atoms with E-state index < -0.39 is 17.7 Å². The molecule has 0 spiro atoms. The maximum atomic E-state index is 13.8. The average Bonchev–Trinajstić information content (AvgIpc) is 3.05. The summed E-state index contributed by atoms with van der Waals surface area (Å²) in [4.78, 5) is 48.4. The smallest absolute Gasteiger partial charge is 0.410 e. The van der Waals surface area contributed by atoms with Crippen molar-refractivity contribution in [3.63, 3.8) is 0 Å². The molecule has 1 fully saturated rings. The van der Waals surface area contributed by atoms with Crippen molar-refractivity contribution in [3.05, 3.63) is 82.2 Å². The van der Waals surface area contributed by atoms with Crippen molar-refractivity contribution in [1.29, 1.82) is 0 Å². The molecule has 0 N–H and O–H groups in total. The second kappa shape index (κ2) is 14.7. The number of amides is 1. The molecule has 262 valence electrons. The van der Waals surface area contributed by atoms with Crippen LogP contribution in [-0.4, -0.2) is 59.6 Å². The first-order valence-electron chi connectivity index (χ1n) is 17.4. The number of benzene rings is 2. The molecule has 3 aromatic rings. The van der Waals surface area contributed by atoms with E-state index in [0.29, 0.717) is 42.0 Å². The molecule has 1 atom stereocenters. The van der Waals surface area contributed by atoms with Gasteiger partial charge in [0, 0.05) is 43.0 Å². The molecule has 2 aromatic carbocycles. The van der Waals surface area contributed by atoms with Crippen LogP contribution in [0.2, 0.25) is 0 Å². The number of pyridine rings is 1. The minimum Gasteiger partial charge on any atom is -0.461 e. The Labute approximate surface area is 290 Å². The second-order valence-corrected chi connectivity index (χ2v) is 15.3. The van der Waals surface area contributed by atoms with E-state index in [4.69, 9.17) is 19.2 Å². The Morgan fingerprint density at radius 1 is 1.00 bits per heavy atom. The third-order valence-corrected chi connectivity index (χ3v) is 9.24. The number of fused-ring (bicyclic) bond motifs is 1. The molecule has 1 aromatic heterocycles. The molecular formula is C40H51N3O6. The van der Waals surface area contributed by atoms with Gasteiger partial charge >= 0.3 is 12.1 Å². The van der Waals surface area contributed by atoms with Gasteiger partial charge < -0.3 is 24.0 Å². The molecule has 3 heterocycles. The van der Waals surface area contributed by atoms with Crippen LogP contribution in [0.15, 0.2) is 48.5 Å². The predicted molar refractivity (Wildman–Crippen MR) is 191 cm³/mol. The number of anilines is 1. The van der Waals surface area contributed by atoms with Crippen LogP contribution in [0.25, 0.3) is 11.1 Å². The van der Waals surface area contributed by atoms with E-state index in [0.717, 1.165) is 60.2 Å². The van der Waals surface area contributed by atoms with Crippen LogP contribution >= 0.6 is 0 Å². The Balaban J connectivity index is 1.57. The first-order chi connectivity index (χ1) is 23.2. The number of hydrogen-bond donors (Lipinski definition) is 0. The van der Waals surface area contributed by atoms with Gasteiger partial charge in [-0.2, -0.15) is 0 Å². The van der Waals surface area contributed by atoms with Crippen molar-refractivity contribution in [2.75, 3.05) is 24.5 Å². The molecule has 1 saturated heterocycles. The number of carbonyl (C=O) groups is 3. The zero-order valence-corrected chi connectivity index (χ0v) is 30.3. The second-order valence-electron chi connectivity index (χ2n) is 15.3. The van der Waals surface area contributed by atoms with Crippen molar-refractivity contribution in [3.8, 4) is 11.1 Å². The number of aryl methyl sites for hydroxylation is 1. The van der Waals surface area contributed by atoms with Crippen LogP contribution in [0, 0.1) is 12.3 Å². The van der Waals surface area contributed by atoms with Crippen LogP contribution in [0.3, 0.4) is 0 Å². The Morgan fingerprint density at radius 3 is 2.33 bits per heavy atom. The molecule has 0 radical (unpaired) electrons. The molecule has 0 aliphatic carbocycles. The van der Waals surface area contributed by atoms with E-state index >= 15 is 0 Å². The summed E-state index contributed by atoms with van der Waals surface area (Å²) < 4.78 is 17.9. The number of nitrogens with zero attached hydrogens (tertiary/aromatic N) is 3. The van der Waals surface area contributed by atoms with Crippen LogP contribution in [-0.2, 0) is 38.6 Å². The minimum absolute atomic E-state index is 0.171. The topological polar surface area (TPSA) is 98.3 Å². The molecule has 5 rings (SSSR count). The van der Waals surface area contributed by atoms with E-state index in [1.165, 1.54) is 0 Å². The van der Waals surface area contributed by atoms with Gasteiger partial charge in [0.15, 0.2) is 12.4 Å². The summed E-state index contributed by atoms with van der Waals surface area (Å²) in [6, 6.07) is 15.8. The quantitative estimate of drug-likeness (QED) is 0.167. The molecule has 49 heavy (non-hydrogen) atoms. The average molecular weight is 670 g/mol. The number of aromatic nitrogens is 1. The van der Waals surface area contributed by atoms with E-state index in [9.17, 15) is 14.4 Å². The van der Waals surface area contributed by atoms with Crippen LogP contribution in [0.5, 0.6) is 0 Å². The van der Waals surface area contributed by atoms with Crippen LogP contribution in [0.4, 0.5) is 10.5 Å². The molecular weight excluding hydrogens is 618 g/mol. The molecule has 2 aliphatic heterocycles. The largest absolute Gasteiger partial charge is 0.461 e. The zero-order valence-electron chi connectivity index (χ0n) is 30.3. The Hall–Kier alpha value is -4.24. The third kappa shape index (κ3) is 8.68. The van der Waals surface area contributed by atoms with E-state index in [1.807, 2.05) is 84.0 Å². The van der Waals surface area contributed by atoms with Crippen molar-refractivity contribution < 1.29 is 28.6 Å². The van der Waals surface area contributed by atoms with Crippen LogP contribution < -0.4 is 4.90 Å². The number of esters is 1. The van der Waals surface area contributed by atoms with E-state index in [-0.39, 0.29) is 24.2 Å². The van der Waals surface area contributed by atoms with E-state index in [2.05, 4.69) is 24.8 Å². The van der Waals surface area contributed by atoms with Gasteiger partial charge in [-0.1, -0.05) is 62.4 Å². The Kier molecular flexibility index (Phi) is 10.8. The first kappa shape index (κ1) is 36.1. The van der Waals surface area contributed by atoms with Gasteiger partial charge in [0.05, 0.1) is 17.4 Å². The fourth-order valence-corrected chi connectivity index (χ4v) is 6.62. The predicted octanol–water partition coefficient (Wildman–Crippen LogP) is 8.00. The monoisotopic (exact) mass is 669 g/mol. The van der Waals surface area contributed by atoms with Gasteiger partial charge in [-0.25, -0.2) is 14.6 Å². The molecule has 9 heteroatoms. The highest BCUT2D eigenvalue weighted by Crippen LogP contribution is 2.45. The third-order valence-electron chi connectivity index (χ3n) is 9.24. The summed E-state index contributed by atoms with van der Waals surface area (Å²) >= 11 is 0. The van der Waals surface area contributed by atoms with Gasteiger partial charge in [-0.05, 0) is 88.5 Å². The molecule has 0 bridgehead atoms. The summed E-state index contributed by atoms with van der Waals surface area (Å²) in [5.41, 5.74) is 6.37. The Morgan fingerprint density at radius 2 is 1.69 bits per heavy atom. The zero-order chi connectivity index (χ0) is 35.5. The number of ether oxygens (including phenoxy) is 3. The molecule has 2 aliphatic rings. The highest BCUT2D eigenvalue weighted by molar-refractivity contribution is 5.96. The number of rotatable bonds is 9. The highest BCUT2D eigenvalue weighted by Gasteiger charge is 2.38. The molecule has 9 nitrogen and oxygen atoms in total. The fourth-order valence-electron chi connectivity index (χ4n) is 6.62. The standard InChI is InChI=1S/C40H51N3O6/c1-26(2)48-37(45)36(49-39(4,5)6)33-27(3)41-32(24-44)34(35(33)42-20-17-40(7,8)18-21-42)30-14-15-31-23-43(19-16-29(31)22-30)38(46)47-25-28-12-10-9-11-13-28/h9-15,22,24,26,36H,16-21,23,25H2,1-8H3/t36-/m0/s1. The number of hydrogen-bond acceptors (Lipinski definition) is 8. The van der Waals surface area contributed by atoms with Crippen LogP contribution in [0.1, 0.15) is 106 Å². The van der Waals surface area contributed by atoms with Gasteiger partial charge in [0.2, 0.25) is 0 Å². The first-order valence-corrected chi connectivity index (χ1v) is 17.4. The lowest BCUT2D eigenvalue weighted by molar-refractivity contribution is -0.171. The normalized spacial score (nSPS) is 16.6. The van der Waals surface area contributed by atoms with Gasteiger partial charge in [-0.3, -0.25) is 4.79 Å². The summed E-state index contributed by atoms with van der Waals surface area (Å²) in [5.74, 6) is -0.483. The lowest BCUT2D eigenvalue weighted by Gasteiger charge is -2.41. The lowest BCUT2D eigenvalue weighted by atomic mass is 9.81. The number of carbonyl (C=O) groups excluding carboxylic acids is 3. The summed E-state index contributed by atoms with van der Waals surface area (Å²) in [7, 11) is 0. The summed E-state index contributed by atoms with van der Waals surface area (Å²) in [5, 5.41) is 0. The number of piperidine rings is 1. The maximum absolute atomic E-state index is 13.8. The SMILES string of the molecule is Cc1nc(C=O)c(-c2ccc3c(c2)CCN(C(=O)OCc2ccccc2)C3)c(N2CCC(C)(C)CC2)c1[C@H](OC(C)(C)C)C(=O)OC(C)C. The molecule has 0 saturated carbocycles. The molecule has 0 unspecified atom stereocenters.